The minimum absolute atomic E-state index is 0.0474. The lowest BCUT2D eigenvalue weighted by Crippen LogP contribution is -2.35. The lowest BCUT2D eigenvalue weighted by Gasteiger charge is -2.17. The molecule has 1 aliphatic rings. The molecule has 2 aromatic carbocycles. The lowest BCUT2D eigenvalue weighted by atomic mass is 10.1. The Balaban J connectivity index is 0.00000145. The van der Waals surface area contributed by atoms with Crippen LogP contribution in [0.5, 0.6) is 0 Å². The molecule has 0 bridgehead atoms. The number of rotatable bonds is 5. The van der Waals surface area contributed by atoms with E-state index in [1.165, 1.54) is 19.1 Å². The van der Waals surface area contributed by atoms with E-state index >= 15 is 0 Å². The molecule has 0 atom stereocenters. The van der Waals surface area contributed by atoms with Crippen LogP contribution in [0.15, 0.2) is 83.1 Å². The second kappa shape index (κ2) is 14.8. The SMILES string of the molecule is CC.CC.CC(=O)NC1=CC(=O)C(NC(=O)Nc2ccccc2)=CC1=Nc1ccc(N(C)C)cc1. The van der Waals surface area contributed by atoms with Gasteiger partial charge in [-0.1, -0.05) is 45.9 Å². The minimum atomic E-state index is -0.558. The predicted molar refractivity (Wildman–Crippen MR) is 144 cm³/mol. The Bertz CT molecular complexity index is 1090. The van der Waals surface area contributed by atoms with Crippen LogP contribution in [0.25, 0.3) is 0 Å². The zero-order valence-electron chi connectivity index (χ0n) is 21.5. The van der Waals surface area contributed by atoms with Crippen molar-refractivity contribution in [2.45, 2.75) is 34.6 Å². The van der Waals surface area contributed by atoms with Crippen molar-refractivity contribution in [2.75, 3.05) is 24.3 Å². The Hall–Kier alpha value is -4.20. The summed E-state index contributed by atoms with van der Waals surface area (Å²) in [7, 11) is 3.87. The molecule has 0 spiro atoms. The number of nitrogens with zero attached hydrogens (tertiary/aromatic N) is 2. The van der Waals surface area contributed by atoms with E-state index in [1.807, 2.05) is 77.0 Å². The highest BCUT2D eigenvalue weighted by Gasteiger charge is 2.21. The van der Waals surface area contributed by atoms with Crippen LogP contribution in [0.3, 0.4) is 0 Å². The fourth-order valence-electron chi connectivity index (χ4n) is 2.82. The summed E-state index contributed by atoms with van der Waals surface area (Å²) in [4.78, 5) is 42.9. The molecule has 3 rings (SSSR count). The standard InChI is InChI=1S/C23H23N5O3.2C2H6/c1-15(29)24-20-14-22(30)21(27-23(31)26-16-7-5-4-6-8-16)13-19(20)25-17-9-11-18(12-10-17)28(2)3;2*1-2/h4-14H,1-3H3,(H,24,29)(H2,26,27,31);2*1-2H3. The molecule has 186 valence electrons. The van der Waals surface area contributed by atoms with Gasteiger partial charge in [-0.3, -0.25) is 9.59 Å². The van der Waals surface area contributed by atoms with Crippen molar-refractivity contribution in [3.8, 4) is 0 Å². The molecule has 2 aromatic rings. The lowest BCUT2D eigenvalue weighted by molar-refractivity contribution is -0.118. The molecule has 3 amide bonds. The molecule has 8 nitrogen and oxygen atoms in total. The van der Waals surface area contributed by atoms with Crippen molar-refractivity contribution >= 4 is 40.5 Å². The van der Waals surface area contributed by atoms with Crippen LogP contribution < -0.4 is 20.9 Å². The molecule has 35 heavy (non-hydrogen) atoms. The van der Waals surface area contributed by atoms with E-state index < -0.39 is 11.8 Å². The van der Waals surface area contributed by atoms with Crippen molar-refractivity contribution in [1.29, 1.82) is 0 Å². The fourth-order valence-corrected chi connectivity index (χ4v) is 2.82. The van der Waals surface area contributed by atoms with Gasteiger partial charge >= 0.3 is 6.03 Å². The molecule has 0 radical (unpaired) electrons. The van der Waals surface area contributed by atoms with E-state index in [1.54, 1.807) is 24.3 Å². The maximum absolute atomic E-state index is 12.5. The van der Waals surface area contributed by atoms with Crippen LogP contribution in [-0.4, -0.2) is 37.5 Å². The Morgan fingerprint density at radius 3 is 1.91 bits per heavy atom. The number of para-hydroxylation sites is 1. The first-order chi connectivity index (χ1) is 16.8. The highest BCUT2D eigenvalue weighted by atomic mass is 16.2. The monoisotopic (exact) mass is 477 g/mol. The molecule has 8 heteroatoms. The number of benzene rings is 2. The van der Waals surface area contributed by atoms with Crippen molar-refractivity contribution in [1.82, 2.24) is 10.6 Å². The van der Waals surface area contributed by atoms with Crippen molar-refractivity contribution in [3.05, 3.63) is 78.1 Å². The molecule has 0 saturated heterocycles. The van der Waals surface area contributed by atoms with Crippen LogP contribution in [0.4, 0.5) is 21.9 Å². The molecule has 3 N–H and O–H groups in total. The number of nitrogens with one attached hydrogen (secondary N) is 3. The number of amides is 3. The molecule has 0 aromatic heterocycles. The maximum Gasteiger partial charge on any atom is 0.323 e. The molecule has 0 unspecified atom stereocenters. The molecular weight excluding hydrogens is 442 g/mol. The summed E-state index contributed by atoms with van der Waals surface area (Å²) in [6.07, 6.45) is 2.69. The van der Waals surface area contributed by atoms with E-state index in [0.29, 0.717) is 17.1 Å². The average molecular weight is 478 g/mol. The Labute approximate surface area is 207 Å². The van der Waals surface area contributed by atoms with Crippen LogP contribution in [0.1, 0.15) is 34.6 Å². The van der Waals surface area contributed by atoms with Crippen LogP contribution in [-0.2, 0) is 9.59 Å². The molecule has 1 aliphatic carbocycles. The number of carbonyl (C=O) groups is 3. The van der Waals surface area contributed by atoms with E-state index in [4.69, 9.17) is 0 Å². The van der Waals surface area contributed by atoms with Gasteiger partial charge in [-0.25, -0.2) is 9.79 Å². The number of ketones is 1. The summed E-state index contributed by atoms with van der Waals surface area (Å²) >= 11 is 0. The van der Waals surface area contributed by atoms with Gasteiger partial charge in [0.2, 0.25) is 11.7 Å². The molecule has 0 fully saturated rings. The van der Waals surface area contributed by atoms with Crippen molar-refractivity contribution < 1.29 is 14.4 Å². The predicted octanol–water partition coefficient (Wildman–Crippen LogP) is 5.19. The molecular formula is C27H35N5O3. The fraction of sp³-hybridized carbons (Fsp3) is 0.259. The van der Waals surface area contributed by atoms with Crippen molar-refractivity contribution in [3.63, 3.8) is 0 Å². The zero-order chi connectivity index (χ0) is 26.4. The number of hydrogen-bond acceptors (Lipinski definition) is 5. The third-order valence-electron chi connectivity index (χ3n) is 4.30. The topological polar surface area (TPSA) is 103 Å². The summed E-state index contributed by atoms with van der Waals surface area (Å²) < 4.78 is 0. The van der Waals surface area contributed by atoms with Gasteiger partial charge in [0.05, 0.1) is 22.8 Å². The Morgan fingerprint density at radius 1 is 0.771 bits per heavy atom. The first-order valence-corrected chi connectivity index (χ1v) is 11.6. The number of hydrogen-bond donors (Lipinski definition) is 3. The summed E-state index contributed by atoms with van der Waals surface area (Å²) in [6, 6.07) is 15.8. The third-order valence-corrected chi connectivity index (χ3v) is 4.30. The second-order valence-corrected chi connectivity index (χ2v) is 7.01. The quantitative estimate of drug-likeness (QED) is 0.516. The van der Waals surface area contributed by atoms with Crippen LogP contribution in [0.2, 0.25) is 0 Å². The van der Waals surface area contributed by atoms with E-state index in [0.717, 1.165) is 5.69 Å². The van der Waals surface area contributed by atoms with Gasteiger partial charge in [-0.15, -0.1) is 0 Å². The van der Waals surface area contributed by atoms with Gasteiger partial charge < -0.3 is 20.9 Å². The number of aliphatic imine (C=N–C) groups is 1. The second-order valence-electron chi connectivity index (χ2n) is 7.01. The summed E-state index contributed by atoms with van der Waals surface area (Å²) in [5.41, 5.74) is 2.90. The smallest absolute Gasteiger partial charge is 0.323 e. The molecule has 0 saturated carbocycles. The van der Waals surface area contributed by atoms with Crippen molar-refractivity contribution in [2.24, 2.45) is 4.99 Å². The molecule has 0 heterocycles. The van der Waals surface area contributed by atoms with Gasteiger partial charge in [0.15, 0.2) is 0 Å². The number of urea groups is 1. The largest absolute Gasteiger partial charge is 0.378 e. The first-order valence-electron chi connectivity index (χ1n) is 11.6. The third kappa shape index (κ3) is 9.29. The molecule has 0 aliphatic heterocycles. The Morgan fingerprint density at radius 2 is 1.37 bits per heavy atom. The van der Waals surface area contributed by atoms with Gasteiger partial charge in [0, 0.05) is 38.5 Å². The first kappa shape index (κ1) is 28.8. The van der Waals surface area contributed by atoms with E-state index in [2.05, 4.69) is 20.9 Å². The van der Waals surface area contributed by atoms with Crippen LogP contribution in [0, 0.1) is 0 Å². The highest BCUT2D eigenvalue weighted by Crippen LogP contribution is 2.21. The summed E-state index contributed by atoms with van der Waals surface area (Å²) in [5.74, 6) is -0.782. The number of allylic oxidation sites excluding steroid dienone is 2. The summed E-state index contributed by atoms with van der Waals surface area (Å²) in [5, 5.41) is 7.82. The summed E-state index contributed by atoms with van der Waals surface area (Å²) in [6.45, 7) is 9.35. The average Bonchev–Trinajstić information content (AvgIpc) is 2.85. The zero-order valence-corrected chi connectivity index (χ0v) is 21.5. The normalized spacial score (nSPS) is 13.1. The van der Waals surface area contributed by atoms with Gasteiger partial charge in [0.25, 0.3) is 0 Å². The van der Waals surface area contributed by atoms with Gasteiger partial charge in [-0.2, -0.15) is 0 Å². The highest BCUT2D eigenvalue weighted by molar-refractivity contribution is 6.24. The number of anilines is 2. The Kier molecular flexibility index (Phi) is 12.2. The minimum Gasteiger partial charge on any atom is -0.378 e. The number of carbonyl (C=O) groups excluding carboxylic acids is 3. The van der Waals surface area contributed by atoms with E-state index in [-0.39, 0.29) is 17.3 Å². The van der Waals surface area contributed by atoms with Gasteiger partial charge in [-0.05, 0) is 42.5 Å². The van der Waals surface area contributed by atoms with Crippen LogP contribution >= 0.6 is 0 Å². The van der Waals surface area contributed by atoms with Gasteiger partial charge in [0.1, 0.15) is 0 Å². The maximum atomic E-state index is 12.5. The van der Waals surface area contributed by atoms with E-state index in [9.17, 15) is 14.4 Å².